The van der Waals surface area contributed by atoms with Crippen molar-refractivity contribution >= 4 is 11.8 Å². The first-order chi connectivity index (χ1) is 10.9. The summed E-state index contributed by atoms with van der Waals surface area (Å²) in [7, 11) is 3.45. The topological polar surface area (TPSA) is 58.4 Å². The Labute approximate surface area is 135 Å². The van der Waals surface area contributed by atoms with Crippen LogP contribution in [0.15, 0.2) is 18.7 Å². The lowest BCUT2D eigenvalue weighted by atomic mass is 9.80. The van der Waals surface area contributed by atoms with E-state index in [1.165, 1.54) is 0 Å². The fourth-order valence-corrected chi connectivity index (χ4v) is 3.66. The van der Waals surface area contributed by atoms with Crippen LogP contribution in [0.1, 0.15) is 25.7 Å². The van der Waals surface area contributed by atoms with Gasteiger partial charge in [0, 0.05) is 39.0 Å². The van der Waals surface area contributed by atoms with Gasteiger partial charge in [-0.15, -0.1) is 0 Å². The van der Waals surface area contributed by atoms with Crippen LogP contribution in [0.3, 0.4) is 0 Å². The number of nitrogens with zero attached hydrogens (tertiary/aromatic N) is 4. The molecule has 1 aliphatic heterocycles. The highest BCUT2D eigenvalue weighted by atomic mass is 19.1. The molecule has 0 spiro atoms. The molecule has 0 aromatic carbocycles. The van der Waals surface area contributed by atoms with E-state index in [1.54, 1.807) is 42.6 Å². The third kappa shape index (κ3) is 2.72. The van der Waals surface area contributed by atoms with E-state index in [2.05, 4.69) is 4.98 Å². The molecule has 6 nitrogen and oxygen atoms in total. The van der Waals surface area contributed by atoms with E-state index in [4.69, 9.17) is 0 Å². The van der Waals surface area contributed by atoms with Crippen LogP contribution in [0.5, 0.6) is 0 Å². The third-order valence-corrected chi connectivity index (χ3v) is 5.02. The zero-order valence-corrected chi connectivity index (χ0v) is 13.6. The number of likely N-dealkylation sites (tertiary alicyclic amines) is 1. The molecule has 2 fully saturated rings. The van der Waals surface area contributed by atoms with E-state index in [0.717, 1.165) is 6.42 Å². The van der Waals surface area contributed by atoms with Gasteiger partial charge in [-0.25, -0.2) is 9.37 Å². The normalized spacial score (nSPS) is 30.7. The van der Waals surface area contributed by atoms with E-state index < -0.39 is 11.7 Å². The minimum Gasteiger partial charge on any atom is -0.347 e. The number of hydrogen-bond donors (Lipinski definition) is 0. The van der Waals surface area contributed by atoms with E-state index in [9.17, 15) is 14.0 Å². The maximum absolute atomic E-state index is 13.1. The van der Waals surface area contributed by atoms with Crippen LogP contribution in [0.2, 0.25) is 0 Å². The zero-order valence-electron chi connectivity index (χ0n) is 13.6. The van der Waals surface area contributed by atoms with Gasteiger partial charge in [-0.05, 0) is 25.7 Å². The highest BCUT2D eigenvalue weighted by molar-refractivity contribution is 5.86. The number of aromatic nitrogens is 2. The molecule has 126 valence electrons. The van der Waals surface area contributed by atoms with Crippen LogP contribution < -0.4 is 0 Å². The largest absolute Gasteiger partial charge is 0.347 e. The first-order valence-electron chi connectivity index (χ1n) is 8.07. The van der Waals surface area contributed by atoms with Gasteiger partial charge >= 0.3 is 0 Å². The predicted molar refractivity (Wildman–Crippen MR) is 82.3 cm³/mol. The maximum Gasteiger partial charge on any atom is 0.250 e. The van der Waals surface area contributed by atoms with Crippen LogP contribution >= 0.6 is 0 Å². The number of likely N-dealkylation sites (N-methyl/N-ethyl adjacent to an activating group) is 1. The third-order valence-electron chi connectivity index (χ3n) is 5.02. The highest BCUT2D eigenvalue weighted by Crippen LogP contribution is 2.35. The number of imidazole rings is 1. The van der Waals surface area contributed by atoms with Crippen molar-refractivity contribution in [3.63, 3.8) is 0 Å². The smallest absolute Gasteiger partial charge is 0.250 e. The Bertz CT molecular complexity index is 583. The quantitative estimate of drug-likeness (QED) is 0.835. The molecule has 1 atom stereocenters. The Balaban J connectivity index is 1.85. The van der Waals surface area contributed by atoms with Gasteiger partial charge in [0.15, 0.2) is 0 Å². The van der Waals surface area contributed by atoms with Gasteiger partial charge in [-0.2, -0.15) is 0 Å². The minimum atomic E-state index is -0.851. The van der Waals surface area contributed by atoms with Gasteiger partial charge < -0.3 is 14.4 Å². The van der Waals surface area contributed by atoms with E-state index in [1.807, 2.05) is 4.57 Å². The number of rotatable bonds is 3. The van der Waals surface area contributed by atoms with Crippen molar-refractivity contribution in [1.82, 2.24) is 19.4 Å². The van der Waals surface area contributed by atoms with Crippen molar-refractivity contribution in [2.24, 2.45) is 5.92 Å². The fourth-order valence-electron chi connectivity index (χ4n) is 3.66. The molecule has 0 N–H and O–H groups in total. The summed E-state index contributed by atoms with van der Waals surface area (Å²) in [6.07, 6.45) is 6.24. The molecule has 0 bridgehead atoms. The first kappa shape index (κ1) is 16.0. The number of piperidine rings is 1. The fraction of sp³-hybridized carbons (Fsp3) is 0.688. The standard InChI is InChI=1S/C16H23FN4O2/c1-19(2)15(23)16(21-7-5-18-11-21)4-3-6-20(10-16)14(22)12-8-13(17)9-12/h5,7,11-13H,3-4,6,8-10H2,1-2H3. The second-order valence-corrected chi connectivity index (χ2v) is 6.83. The summed E-state index contributed by atoms with van der Waals surface area (Å²) in [5.41, 5.74) is -0.813. The maximum atomic E-state index is 13.1. The summed E-state index contributed by atoms with van der Waals surface area (Å²) in [6, 6.07) is 0. The number of halogens is 1. The molecule has 1 saturated carbocycles. The molecule has 1 aromatic rings. The van der Waals surface area contributed by atoms with Crippen molar-refractivity contribution in [2.45, 2.75) is 37.4 Å². The molecule has 3 rings (SSSR count). The summed E-state index contributed by atoms with van der Waals surface area (Å²) in [5.74, 6) is -0.280. The first-order valence-corrected chi connectivity index (χ1v) is 8.07. The average Bonchev–Trinajstić information content (AvgIpc) is 3.05. The van der Waals surface area contributed by atoms with Gasteiger partial charge in [-0.1, -0.05) is 0 Å². The highest BCUT2D eigenvalue weighted by Gasteiger charge is 2.47. The summed E-state index contributed by atoms with van der Waals surface area (Å²) in [5, 5.41) is 0. The Morgan fingerprint density at radius 3 is 2.65 bits per heavy atom. The zero-order chi connectivity index (χ0) is 16.6. The van der Waals surface area contributed by atoms with E-state index in [-0.39, 0.29) is 17.7 Å². The molecule has 1 unspecified atom stereocenters. The Morgan fingerprint density at radius 2 is 2.09 bits per heavy atom. The lowest BCUT2D eigenvalue weighted by molar-refractivity contribution is -0.150. The van der Waals surface area contributed by atoms with Crippen LogP contribution in [-0.4, -0.2) is 64.5 Å². The molecule has 2 aliphatic rings. The molecule has 0 radical (unpaired) electrons. The molecule has 2 amide bonds. The molecule has 1 aliphatic carbocycles. The number of amides is 2. The number of hydrogen-bond acceptors (Lipinski definition) is 3. The molecule has 2 heterocycles. The van der Waals surface area contributed by atoms with Crippen LogP contribution in [0, 0.1) is 5.92 Å². The predicted octanol–water partition coefficient (Wildman–Crippen LogP) is 1.04. The molecule has 7 heteroatoms. The molecular weight excluding hydrogens is 299 g/mol. The van der Waals surface area contributed by atoms with Gasteiger partial charge in [0.05, 0.1) is 12.9 Å². The van der Waals surface area contributed by atoms with Crippen molar-refractivity contribution in [3.05, 3.63) is 18.7 Å². The Hall–Kier alpha value is -1.92. The van der Waals surface area contributed by atoms with E-state index in [0.29, 0.717) is 32.4 Å². The lowest BCUT2D eigenvalue weighted by Crippen LogP contribution is -2.60. The molecular formula is C16H23FN4O2. The summed E-state index contributed by atoms with van der Waals surface area (Å²) in [4.78, 5) is 32.8. The Morgan fingerprint density at radius 1 is 1.35 bits per heavy atom. The van der Waals surface area contributed by atoms with Crippen LogP contribution in [0.4, 0.5) is 4.39 Å². The van der Waals surface area contributed by atoms with Crippen LogP contribution in [0.25, 0.3) is 0 Å². The van der Waals surface area contributed by atoms with Gasteiger partial charge in [0.1, 0.15) is 11.7 Å². The van der Waals surface area contributed by atoms with Crippen LogP contribution in [-0.2, 0) is 15.1 Å². The minimum absolute atomic E-state index is 0.0188. The lowest BCUT2D eigenvalue weighted by Gasteiger charge is -2.45. The monoisotopic (exact) mass is 322 g/mol. The van der Waals surface area contributed by atoms with Gasteiger partial charge in [0.2, 0.25) is 11.8 Å². The SMILES string of the molecule is CN(C)C(=O)C1(n2ccnc2)CCCN(C(=O)C2CC(F)C2)C1. The van der Waals surface area contributed by atoms with Crippen molar-refractivity contribution in [3.8, 4) is 0 Å². The molecule has 23 heavy (non-hydrogen) atoms. The van der Waals surface area contributed by atoms with E-state index >= 15 is 0 Å². The van der Waals surface area contributed by atoms with Gasteiger partial charge in [-0.3, -0.25) is 9.59 Å². The number of carbonyl (C=O) groups is 2. The Kier molecular flexibility index (Phi) is 4.12. The second-order valence-electron chi connectivity index (χ2n) is 6.83. The van der Waals surface area contributed by atoms with Crippen molar-refractivity contribution in [1.29, 1.82) is 0 Å². The molecule has 1 saturated heterocycles. The van der Waals surface area contributed by atoms with Gasteiger partial charge in [0.25, 0.3) is 0 Å². The van der Waals surface area contributed by atoms with Crippen molar-refractivity contribution < 1.29 is 14.0 Å². The summed E-state index contributed by atoms with van der Waals surface area (Å²) < 4.78 is 14.9. The summed E-state index contributed by atoms with van der Waals surface area (Å²) >= 11 is 0. The molecule has 1 aromatic heterocycles. The number of alkyl halides is 1. The summed E-state index contributed by atoms with van der Waals surface area (Å²) in [6.45, 7) is 0.954. The second kappa shape index (κ2) is 5.94. The van der Waals surface area contributed by atoms with Crippen molar-refractivity contribution in [2.75, 3.05) is 27.2 Å². The average molecular weight is 322 g/mol. The number of carbonyl (C=O) groups excluding carboxylic acids is 2.